The molecule has 1 aliphatic carbocycles. The molecule has 0 radical (unpaired) electrons. The molecule has 1 saturated carbocycles. The number of ether oxygens (including phenoxy) is 2. The first-order chi connectivity index (χ1) is 7.66. The maximum absolute atomic E-state index is 9.15. The third-order valence-electron chi connectivity index (χ3n) is 2.95. The quantitative estimate of drug-likeness (QED) is 0.855. The monoisotopic (exact) mass is 281 g/mol. The molecule has 0 saturated heterocycles. The molecule has 84 valence electrons. The van der Waals surface area contributed by atoms with Crippen molar-refractivity contribution in [3.63, 3.8) is 0 Å². The molecular formula is C12H12BrNO2. The lowest BCUT2D eigenvalue weighted by atomic mass is 9.97. The second-order valence-corrected chi connectivity index (χ2v) is 4.74. The molecule has 0 heterocycles. The Morgan fingerprint density at radius 2 is 2.00 bits per heavy atom. The van der Waals surface area contributed by atoms with Gasteiger partial charge in [-0.15, -0.1) is 0 Å². The fourth-order valence-electron chi connectivity index (χ4n) is 1.78. The van der Waals surface area contributed by atoms with Gasteiger partial charge in [0.25, 0.3) is 0 Å². The Kier molecular flexibility index (Phi) is 2.81. The summed E-state index contributed by atoms with van der Waals surface area (Å²) >= 11 is 3.43. The van der Waals surface area contributed by atoms with E-state index in [1.807, 2.05) is 12.1 Å². The van der Waals surface area contributed by atoms with E-state index in [0.29, 0.717) is 11.5 Å². The number of nitrogens with zero attached hydrogens (tertiary/aromatic N) is 1. The highest BCUT2D eigenvalue weighted by Gasteiger charge is 2.45. The number of hydrogen-bond donors (Lipinski definition) is 0. The standard InChI is InChI=1S/C12H12BrNO2/c1-15-10-6-8(12(7-14)3-4-12)5-9(13)11(10)16-2/h5-6H,3-4H2,1-2H3. The Hall–Kier alpha value is -1.21. The highest BCUT2D eigenvalue weighted by Crippen LogP contribution is 2.50. The average Bonchev–Trinajstić information content (AvgIpc) is 3.08. The molecule has 3 nitrogen and oxygen atoms in total. The van der Waals surface area contributed by atoms with E-state index in [1.54, 1.807) is 14.2 Å². The summed E-state index contributed by atoms with van der Waals surface area (Å²) in [5.41, 5.74) is 0.696. The van der Waals surface area contributed by atoms with E-state index in [4.69, 9.17) is 14.7 Å². The number of rotatable bonds is 3. The van der Waals surface area contributed by atoms with Crippen LogP contribution >= 0.6 is 15.9 Å². The fraction of sp³-hybridized carbons (Fsp3) is 0.417. The highest BCUT2D eigenvalue weighted by molar-refractivity contribution is 9.10. The molecule has 0 bridgehead atoms. The van der Waals surface area contributed by atoms with Crippen LogP contribution in [0.5, 0.6) is 11.5 Å². The highest BCUT2D eigenvalue weighted by atomic mass is 79.9. The van der Waals surface area contributed by atoms with Crippen molar-refractivity contribution in [3.05, 3.63) is 22.2 Å². The molecule has 1 fully saturated rings. The van der Waals surface area contributed by atoms with Crippen LogP contribution in [0.1, 0.15) is 18.4 Å². The van der Waals surface area contributed by atoms with Gasteiger partial charge in [-0.2, -0.15) is 5.26 Å². The predicted molar refractivity (Wildman–Crippen MR) is 63.8 cm³/mol. The van der Waals surface area contributed by atoms with Crippen LogP contribution in [0.3, 0.4) is 0 Å². The van der Waals surface area contributed by atoms with Gasteiger partial charge in [-0.25, -0.2) is 0 Å². The Balaban J connectivity index is 2.51. The van der Waals surface area contributed by atoms with Gasteiger partial charge in [0.2, 0.25) is 0 Å². The Labute approximate surface area is 103 Å². The lowest BCUT2D eigenvalue weighted by Crippen LogP contribution is -2.04. The molecule has 0 aromatic heterocycles. The van der Waals surface area contributed by atoms with Gasteiger partial charge in [0.05, 0.1) is 30.2 Å². The van der Waals surface area contributed by atoms with E-state index in [9.17, 15) is 0 Å². The summed E-state index contributed by atoms with van der Waals surface area (Å²) in [6.45, 7) is 0. The predicted octanol–water partition coefficient (Wildman–Crippen LogP) is 3.02. The molecule has 1 aliphatic rings. The molecule has 0 aliphatic heterocycles. The maximum Gasteiger partial charge on any atom is 0.174 e. The Bertz CT molecular complexity index is 461. The Morgan fingerprint density at radius 1 is 1.31 bits per heavy atom. The summed E-state index contributed by atoms with van der Waals surface area (Å²) in [6.07, 6.45) is 1.84. The van der Waals surface area contributed by atoms with E-state index in [2.05, 4.69) is 22.0 Å². The largest absolute Gasteiger partial charge is 0.493 e. The molecule has 0 atom stereocenters. The van der Waals surface area contributed by atoms with Crippen molar-refractivity contribution in [1.82, 2.24) is 0 Å². The molecule has 0 spiro atoms. The Morgan fingerprint density at radius 3 is 2.44 bits per heavy atom. The van der Waals surface area contributed by atoms with E-state index in [-0.39, 0.29) is 5.41 Å². The van der Waals surface area contributed by atoms with E-state index >= 15 is 0 Å². The summed E-state index contributed by atoms with van der Waals surface area (Å²) in [4.78, 5) is 0. The molecule has 1 aromatic carbocycles. The number of halogens is 1. The lowest BCUT2D eigenvalue weighted by Gasteiger charge is -2.13. The first-order valence-electron chi connectivity index (χ1n) is 5.00. The molecule has 2 rings (SSSR count). The van der Waals surface area contributed by atoms with Gasteiger partial charge < -0.3 is 9.47 Å². The third kappa shape index (κ3) is 1.65. The third-order valence-corrected chi connectivity index (χ3v) is 3.54. The maximum atomic E-state index is 9.15. The van der Waals surface area contributed by atoms with Crippen LogP contribution in [-0.4, -0.2) is 14.2 Å². The van der Waals surface area contributed by atoms with Gasteiger partial charge in [-0.1, -0.05) is 0 Å². The zero-order valence-corrected chi connectivity index (χ0v) is 10.8. The van der Waals surface area contributed by atoms with E-state index in [0.717, 1.165) is 22.9 Å². The van der Waals surface area contributed by atoms with Crippen molar-refractivity contribution in [2.24, 2.45) is 0 Å². The van der Waals surface area contributed by atoms with Crippen LogP contribution in [0.4, 0.5) is 0 Å². The van der Waals surface area contributed by atoms with Crippen molar-refractivity contribution in [2.75, 3.05) is 14.2 Å². The van der Waals surface area contributed by atoms with Crippen molar-refractivity contribution in [2.45, 2.75) is 18.3 Å². The van der Waals surface area contributed by atoms with Crippen molar-refractivity contribution >= 4 is 15.9 Å². The SMILES string of the molecule is COc1cc(C2(C#N)CC2)cc(Br)c1OC. The fourth-order valence-corrected chi connectivity index (χ4v) is 2.39. The van der Waals surface area contributed by atoms with Crippen molar-refractivity contribution in [1.29, 1.82) is 5.26 Å². The number of methoxy groups -OCH3 is 2. The molecular weight excluding hydrogens is 270 g/mol. The van der Waals surface area contributed by atoms with Crippen LogP contribution in [0.15, 0.2) is 16.6 Å². The zero-order valence-electron chi connectivity index (χ0n) is 9.21. The summed E-state index contributed by atoms with van der Waals surface area (Å²) in [5, 5.41) is 9.15. The van der Waals surface area contributed by atoms with Crippen LogP contribution < -0.4 is 9.47 Å². The topological polar surface area (TPSA) is 42.2 Å². The van der Waals surface area contributed by atoms with Crippen molar-refractivity contribution < 1.29 is 9.47 Å². The van der Waals surface area contributed by atoms with Crippen LogP contribution in [0, 0.1) is 11.3 Å². The molecule has 1 aromatic rings. The van der Waals surface area contributed by atoms with Gasteiger partial charge in [0.15, 0.2) is 11.5 Å². The molecule has 0 amide bonds. The number of hydrogen-bond acceptors (Lipinski definition) is 3. The van der Waals surface area contributed by atoms with Crippen LogP contribution in [0.2, 0.25) is 0 Å². The molecule has 0 N–H and O–H groups in total. The zero-order chi connectivity index (χ0) is 11.8. The van der Waals surface area contributed by atoms with Crippen molar-refractivity contribution in [3.8, 4) is 17.6 Å². The summed E-state index contributed by atoms with van der Waals surface area (Å²) in [7, 11) is 3.19. The van der Waals surface area contributed by atoms with Gasteiger partial charge >= 0.3 is 0 Å². The van der Waals surface area contributed by atoms with Gasteiger partial charge in [-0.3, -0.25) is 0 Å². The molecule has 4 heteroatoms. The van der Waals surface area contributed by atoms with Crippen LogP contribution in [0.25, 0.3) is 0 Å². The van der Waals surface area contributed by atoms with Gasteiger partial charge in [0.1, 0.15) is 0 Å². The first kappa shape index (κ1) is 11.3. The van der Waals surface area contributed by atoms with Gasteiger partial charge in [0, 0.05) is 0 Å². The first-order valence-corrected chi connectivity index (χ1v) is 5.79. The molecule has 16 heavy (non-hydrogen) atoms. The normalized spacial score (nSPS) is 16.4. The molecule has 0 unspecified atom stereocenters. The minimum absolute atomic E-state index is 0.304. The summed E-state index contributed by atoms with van der Waals surface area (Å²) in [5.74, 6) is 1.33. The number of nitriles is 1. The average molecular weight is 282 g/mol. The van der Waals surface area contributed by atoms with E-state index in [1.165, 1.54) is 0 Å². The van der Waals surface area contributed by atoms with Crippen LogP contribution in [-0.2, 0) is 5.41 Å². The summed E-state index contributed by atoms with van der Waals surface area (Å²) in [6, 6.07) is 6.20. The second-order valence-electron chi connectivity index (χ2n) is 3.89. The second kappa shape index (κ2) is 3.99. The number of benzene rings is 1. The lowest BCUT2D eigenvalue weighted by molar-refractivity contribution is 0.352. The minimum Gasteiger partial charge on any atom is -0.493 e. The van der Waals surface area contributed by atoms with Gasteiger partial charge in [-0.05, 0) is 46.5 Å². The minimum atomic E-state index is -0.304. The smallest absolute Gasteiger partial charge is 0.174 e. The summed E-state index contributed by atoms with van der Waals surface area (Å²) < 4.78 is 11.3. The van der Waals surface area contributed by atoms with E-state index < -0.39 is 0 Å².